The normalized spacial score (nSPS) is 18.4. The lowest BCUT2D eigenvalue weighted by Gasteiger charge is -2.29. The first-order valence-electron chi connectivity index (χ1n) is 10.8. The average Bonchev–Trinajstić information content (AvgIpc) is 2.77. The van der Waals surface area contributed by atoms with Crippen LogP contribution < -0.4 is 19.7 Å². The van der Waals surface area contributed by atoms with Crippen molar-refractivity contribution in [3.63, 3.8) is 0 Å². The number of hydrogen-bond acceptors (Lipinski definition) is 6. The fraction of sp³-hybridized carbons (Fsp3) is 0.636. The van der Waals surface area contributed by atoms with E-state index in [-0.39, 0.29) is 0 Å². The van der Waals surface area contributed by atoms with Crippen molar-refractivity contribution < 1.29 is 9.47 Å². The van der Waals surface area contributed by atoms with E-state index in [1.807, 2.05) is 12.1 Å². The van der Waals surface area contributed by atoms with Crippen LogP contribution >= 0.6 is 0 Å². The zero-order valence-corrected chi connectivity index (χ0v) is 17.0. The van der Waals surface area contributed by atoms with Crippen LogP contribution in [-0.4, -0.2) is 49.9 Å². The van der Waals surface area contributed by atoms with Gasteiger partial charge in [-0.15, -0.1) is 0 Å². The summed E-state index contributed by atoms with van der Waals surface area (Å²) in [6, 6.07) is 4.03. The molecule has 152 valence electrons. The van der Waals surface area contributed by atoms with Crippen LogP contribution in [0.3, 0.4) is 0 Å². The zero-order valence-electron chi connectivity index (χ0n) is 17.0. The van der Waals surface area contributed by atoms with Gasteiger partial charge in [-0.1, -0.05) is 32.1 Å². The molecule has 0 unspecified atom stereocenters. The molecule has 1 saturated heterocycles. The minimum absolute atomic E-state index is 0.730. The predicted octanol–water partition coefficient (Wildman–Crippen LogP) is 3.79. The predicted molar refractivity (Wildman–Crippen MR) is 112 cm³/mol. The molecule has 0 amide bonds. The van der Waals surface area contributed by atoms with E-state index in [1.54, 1.807) is 13.4 Å². The summed E-state index contributed by atoms with van der Waals surface area (Å²) in [6.45, 7) is 4.59. The van der Waals surface area contributed by atoms with Gasteiger partial charge in [0.2, 0.25) is 0 Å². The van der Waals surface area contributed by atoms with E-state index < -0.39 is 0 Å². The molecule has 2 fully saturated rings. The summed E-state index contributed by atoms with van der Waals surface area (Å²) in [5, 5.41) is 4.41. The van der Waals surface area contributed by atoms with Gasteiger partial charge < -0.3 is 19.7 Å². The number of fused-ring (bicyclic) bond motifs is 1. The van der Waals surface area contributed by atoms with Crippen molar-refractivity contribution in [2.45, 2.75) is 44.9 Å². The molecule has 0 radical (unpaired) electrons. The second-order valence-corrected chi connectivity index (χ2v) is 7.95. The molecule has 0 bridgehead atoms. The Labute approximate surface area is 167 Å². The largest absolute Gasteiger partial charge is 0.493 e. The molecular weight excluding hydrogens is 352 g/mol. The molecule has 1 aliphatic carbocycles. The van der Waals surface area contributed by atoms with Crippen molar-refractivity contribution in [3.8, 4) is 11.5 Å². The number of ether oxygens (including phenoxy) is 2. The van der Waals surface area contributed by atoms with Gasteiger partial charge in [-0.3, -0.25) is 0 Å². The minimum Gasteiger partial charge on any atom is -0.493 e. The lowest BCUT2D eigenvalue weighted by atomic mass is 9.86. The maximum Gasteiger partial charge on any atom is 0.163 e. The fourth-order valence-corrected chi connectivity index (χ4v) is 4.48. The standard InChI is InChI=1S/C22H32N4O2/c1-27-20-14-18-19(24-16-25-22(18)26-11-9-23-10-12-26)15-21(20)28-13-5-8-17-6-3-2-4-7-17/h14-17,23H,2-13H2,1H3. The summed E-state index contributed by atoms with van der Waals surface area (Å²) < 4.78 is 11.7. The molecule has 2 heterocycles. The molecule has 28 heavy (non-hydrogen) atoms. The van der Waals surface area contributed by atoms with Crippen molar-refractivity contribution in [3.05, 3.63) is 18.5 Å². The summed E-state index contributed by atoms with van der Waals surface area (Å²) in [5.41, 5.74) is 0.909. The quantitative estimate of drug-likeness (QED) is 0.733. The molecule has 2 aromatic rings. The van der Waals surface area contributed by atoms with Gasteiger partial charge in [0, 0.05) is 37.6 Å². The molecule has 1 aromatic carbocycles. The number of methoxy groups -OCH3 is 1. The lowest BCUT2D eigenvalue weighted by molar-refractivity contribution is 0.259. The summed E-state index contributed by atoms with van der Waals surface area (Å²) in [5.74, 6) is 3.42. The number of anilines is 1. The first kappa shape index (κ1) is 19.2. The van der Waals surface area contributed by atoms with Crippen LogP contribution in [0.2, 0.25) is 0 Å². The Bertz CT molecular complexity index is 770. The highest BCUT2D eigenvalue weighted by Crippen LogP contribution is 2.35. The van der Waals surface area contributed by atoms with E-state index in [2.05, 4.69) is 20.2 Å². The maximum absolute atomic E-state index is 6.10. The van der Waals surface area contributed by atoms with Crippen LogP contribution in [0, 0.1) is 5.92 Å². The van der Waals surface area contributed by atoms with Crippen molar-refractivity contribution in [1.29, 1.82) is 0 Å². The highest BCUT2D eigenvalue weighted by Gasteiger charge is 2.18. The monoisotopic (exact) mass is 384 g/mol. The Kier molecular flexibility index (Phi) is 6.47. The zero-order chi connectivity index (χ0) is 19.2. The van der Waals surface area contributed by atoms with Gasteiger partial charge in [0.05, 0.1) is 19.2 Å². The van der Waals surface area contributed by atoms with Gasteiger partial charge in [-0.2, -0.15) is 0 Å². The summed E-state index contributed by atoms with van der Waals surface area (Å²) in [6.07, 6.45) is 11.0. The van der Waals surface area contributed by atoms with Crippen LogP contribution in [0.5, 0.6) is 11.5 Å². The average molecular weight is 385 g/mol. The van der Waals surface area contributed by atoms with E-state index >= 15 is 0 Å². The minimum atomic E-state index is 0.730. The summed E-state index contributed by atoms with van der Waals surface area (Å²) in [7, 11) is 1.70. The summed E-state index contributed by atoms with van der Waals surface area (Å²) in [4.78, 5) is 11.3. The van der Waals surface area contributed by atoms with Crippen molar-refractivity contribution in [2.75, 3.05) is 44.8 Å². The first-order chi connectivity index (χ1) is 13.8. The second kappa shape index (κ2) is 9.41. The topological polar surface area (TPSA) is 59.5 Å². The smallest absolute Gasteiger partial charge is 0.163 e. The van der Waals surface area contributed by atoms with Gasteiger partial charge in [-0.05, 0) is 24.8 Å². The Hall–Kier alpha value is -2.08. The van der Waals surface area contributed by atoms with Crippen molar-refractivity contribution in [2.24, 2.45) is 5.92 Å². The molecule has 6 heteroatoms. The van der Waals surface area contributed by atoms with Gasteiger partial charge in [0.15, 0.2) is 11.5 Å². The number of rotatable bonds is 7. The molecule has 2 aliphatic rings. The highest BCUT2D eigenvalue weighted by molar-refractivity contribution is 5.92. The Morgan fingerprint density at radius 1 is 1.07 bits per heavy atom. The van der Waals surface area contributed by atoms with Gasteiger partial charge in [0.1, 0.15) is 12.1 Å². The highest BCUT2D eigenvalue weighted by atomic mass is 16.5. The van der Waals surface area contributed by atoms with E-state index in [4.69, 9.17) is 9.47 Å². The number of hydrogen-bond donors (Lipinski definition) is 1. The fourth-order valence-electron chi connectivity index (χ4n) is 4.48. The number of aromatic nitrogens is 2. The van der Waals surface area contributed by atoms with Crippen LogP contribution in [0.4, 0.5) is 5.82 Å². The van der Waals surface area contributed by atoms with Gasteiger partial charge >= 0.3 is 0 Å². The molecular formula is C22H32N4O2. The maximum atomic E-state index is 6.10. The third kappa shape index (κ3) is 4.49. The third-order valence-corrected chi connectivity index (χ3v) is 6.06. The Morgan fingerprint density at radius 2 is 1.89 bits per heavy atom. The van der Waals surface area contributed by atoms with E-state index in [0.29, 0.717) is 0 Å². The molecule has 1 saturated carbocycles. The van der Waals surface area contributed by atoms with Gasteiger partial charge in [0.25, 0.3) is 0 Å². The molecule has 1 N–H and O–H groups in total. The number of benzene rings is 1. The third-order valence-electron chi connectivity index (χ3n) is 6.06. The van der Waals surface area contributed by atoms with Crippen LogP contribution in [0.1, 0.15) is 44.9 Å². The van der Waals surface area contributed by atoms with Crippen LogP contribution in [-0.2, 0) is 0 Å². The van der Waals surface area contributed by atoms with Crippen molar-refractivity contribution in [1.82, 2.24) is 15.3 Å². The second-order valence-electron chi connectivity index (χ2n) is 7.95. The van der Waals surface area contributed by atoms with E-state index in [1.165, 1.54) is 38.5 Å². The molecule has 6 nitrogen and oxygen atoms in total. The Morgan fingerprint density at radius 3 is 2.68 bits per heavy atom. The van der Waals surface area contributed by atoms with E-state index in [9.17, 15) is 0 Å². The van der Waals surface area contributed by atoms with Crippen molar-refractivity contribution >= 4 is 16.7 Å². The molecule has 0 atom stereocenters. The number of nitrogens with one attached hydrogen (secondary N) is 1. The van der Waals surface area contributed by atoms with Crippen LogP contribution in [0.15, 0.2) is 18.5 Å². The lowest BCUT2D eigenvalue weighted by Crippen LogP contribution is -2.44. The molecule has 0 spiro atoms. The van der Waals surface area contributed by atoms with Gasteiger partial charge in [-0.25, -0.2) is 9.97 Å². The molecule has 1 aliphatic heterocycles. The molecule has 1 aromatic heterocycles. The Balaban J connectivity index is 1.46. The number of piperazine rings is 1. The summed E-state index contributed by atoms with van der Waals surface area (Å²) >= 11 is 0. The van der Waals surface area contributed by atoms with Crippen LogP contribution in [0.25, 0.3) is 10.9 Å². The molecule has 4 rings (SSSR count). The van der Waals surface area contributed by atoms with E-state index in [0.717, 1.165) is 73.3 Å². The first-order valence-corrected chi connectivity index (χ1v) is 10.8. The number of nitrogens with zero attached hydrogens (tertiary/aromatic N) is 3. The SMILES string of the molecule is COc1cc2c(N3CCNCC3)ncnc2cc1OCCCC1CCCCC1.